The summed E-state index contributed by atoms with van der Waals surface area (Å²) in [4.78, 5) is 25.3. The summed E-state index contributed by atoms with van der Waals surface area (Å²) in [7, 11) is 0. The average Bonchev–Trinajstić information content (AvgIpc) is 3.35. The van der Waals surface area contributed by atoms with Crippen molar-refractivity contribution in [1.29, 1.82) is 0 Å². The maximum Gasteiger partial charge on any atom is 0.273 e. The average molecular weight is 443 g/mol. The number of aromatic nitrogens is 4. The molecule has 168 valence electrons. The van der Waals surface area contributed by atoms with Gasteiger partial charge in [0, 0.05) is 17.5 Å². The van der Waals surface area contributed by atoms with Gasteiger partial charge in [-0.25, -0.2) is 0 Å². The molecule has 8 heteroatoms. The zero-order chi connectivity index (χ0) is 23.4. The first kappa shape index (κ1) is 22.0. The van der Waals surface area contributed by atoms with Crippen LogP contribution in [0.15, 0.2) is 66.9 Å². The van der Waals surface area contributed by atoms with Crippen molar-refractivity contribution < 1.29 is 9.59 Å². The summed E-state index contributed by atoms with van der Waals surface area (Å²) < 4.78 is 3.32. The number of amides is 2. The number of benzene rings is 2. The lowest BCUT2D eigenvalue weighted by atomic mass is 10.1. The lowest BCUT2D eigenvalue weighted by Crippen LogP contribution is -2.43. The first-order chi connectivity index (χ1) is 15.9. The van der Waals surface area contributed by atoms with E-state index < -0.39 is 5.91 Å². The third-order valence-corrected chi connectivity index (χ3v) is 5.23. The van der Waals surface area contributed by atoms with Crippen molar-refractivity contribution in [1.82, 2.24) is 30.4 Å². The summed E-state index contributed by atoms with van der Waals surface area (Å²) >= 11 is 0. The van der Waals surface area contributed by atoms with Crippen LogP contribution < -0.4 is 10.9 Å². The molecule has 2 aromatic carbocycles. The van der Waals surface area contributed by atoms with Crippen LogP contribution in [0.2, 0.25) is 0 Å². The van der Waals surface area contributed by atoms with E-state index in [9.17, 15) is 9.59 Å². The highest BCUT2D eigenvalue weighted by molar-refractivity contribution is 6.00. The van der Waals surface area contributed by atoms with Crippen LogP contribution in [0, 0.1) is 20.8 Å². The van der Waals surface area contributed by atoms with E-state index in [4.69, 9.17) is 0 Å². The molecular formula is C25H26N6O2. The number of hydrogen-bond donors (Lipinski definition) is 2. The van der Waals surface area contributed by atoms with Gasteiger partial charge in [-0.15, -0.1) is 0 Å². The van der Waals surface area contributed by atoms with Gasteiger partial charge in [0.25, 0.3) is 11.8 Å². The number of aryl methyl sites for hydroxylation is 3. The zero-order valence-corrected chi connectivity index (χ0v) is 18.9. The van der Waals surface area contributed by atoms with Crippen molar-refractivity contribution in [3.05, 3.63) is 94.9 Å². The molecular weight excluding hydrogens is 416 g/mol. The highest BCUT2D eigenvalue weighted by Crippen LogP contribution is 2.23. The molecule has 0 fully saturated rings. The predicted octanol–water partition coefficient (Wildman–Crippen LogP) is 3.18. The fourth-order valence-corrected chi connectivity index (χ4v) is 3.57. The molecule has 2 N–H and O–H groups in total. The van der Waals surface area contributed by atoms with Crippen LogP contribution in [0.4, 0.5) is 0 Å². The number of nitrogens with one attached hydrogen (secondary N) is 2. The van der Waals surface area contributed by atoms with Gasteiger partial charge in [-0.1, -0.05) is 60.2 Å². The Morgan fingerprint density at radius 2 is 1.64 bits per heavy atom. The molecule has 0 aliphatic heterocycles. The molecule has 0 saturated heterocycles. The number of hydrogen-bond acceptors (Lipinski definition) is 4. The van der Waals surface area contributed by atoms with Crippen LogP contribution in [0.25, 0.3) is 11.3 Å². The van der Waals surface area contributed by atoms with E-state index in [-0.39, 0.29) is 12.5 Å². The van der Waals surface area contributed by atoms with Crippen LogP contribution in [0.3, 0.4) is 0 Å². The standard InChI is InChI=1S/C25H26N6O2/c1-17-9-11-21(12-10-17)24-22(15-30(29-24)14-20-7-5-4-6-8-20)25(33)27-26-23(32)16-31-19(3)13-18(2)28-31/h4-13,15H,14,16H2,1-3H3,(H,26,32)(H,27,33). The molecule has 33 heavy (non-hydrogen) atoms. The highest BCUT2D eigenvalue weighted by Gasteiger charge is 2.19. The maximum absolute atomic E-state index is 13.0. The number of hydrazine groups is 1. The minimum atomic E-state index is -0.438. The molecule has 0 unspecified atom stereocenters. The van der Waals surface area contributed by atoms with E-state index in [0.29, 0.717) is 17.8 Å². The van der Waals surface area contributed by atoms with Crippen LogP contribution in [-0.4, -0.2) is 31.4 Å². The molecule has 0 radical (unpaired) electrons. The van der Waals surface area contributed by atoms with E-state index in [1.54, 1.807) is 15.6 Å². The Kier molecular flexibility index (Phi) is 6.35. The molecule has 0 atom stereocenters. The van der Waals surface area contributed by atoms with Crippen molar-refractivity contribution in [2.75, 3.05) is 0 Å². The molecule has 2 aromatic heterocycles. The second kappa shape index (κ2) is 9.52. The largest absolute Gasteiger partial charge is 0.273 e. The summed E-state index contributed by atoms with van der Waals surface area (Å²) in [5, 5.41) is 8.93. The molecule has 0 aliphatic carbocycles. The van der Waals surface area contributed by atoms with Gasteiger partial charge < -0.3 is 0 Å². The van der Waals surface area contributed by atoms with Crippen LogP contribution >= 0.6 is 0 Å². The Balaban J connectivity index is 1.52. The van der Waals surface area contributed by atoms with Gasteiger partial charge in [0.2, 0.25) is 0 Å². The van der Waals surface area contributed by atoms with Crippen molar-refractivity contribution in [3.8, 4) is 11.3 Å². The van der Waals surface area contributed by atoms with Crippen LogP contribution in [0.1, 0.15) is 32.9 Å². The molecule has 2 heterocycles. The lowest BCUT2D eigenvalue weighted by molar-refractivity contribution is -0.122. The Morgan fingerprint density at radius 3 is 2.30 bits per heavy atom. The molecule has 0 saturated carbocycles. The minimum absolute atomic E-state index is 0.0119. The van der Waals surface area contributed by atoms with E-state index in [1.165, 1.54) is 0 Å². The van der Waals surface area contributed by atoms with E-state index in [1.807, 2.05) is 81.4 Å². The Hall–Kier alpha value is -4.20. The minimum Gasteiger partial charge on any atom is -0.271 e. The summed E-state index contributed by atoms with van der Waals surface area (Å²) in [6.07, 6.45) is 1.70. The lowest BCUT2D eigenvalue weighted by Gasteiger charge is -2.08. The molecule has 8 nitrogen and oxygen atoms in total. The smallest absolute Gasteiger partial charge is 0.271 e. The van der Waals surface area contributed by atoms with Crippen molar-refractivity contribution in [3.63, 3.8) is 0 Å². The molecule has 4 rings (SSSR count). The summed E-state index contributed by atoms with van der Waals surface area (Å²) in [5.74, 6) is -0.810. The summed E-state index contributed by atoms with van der Waals surface area (Å²) in [6.45, 7) is 6.28. The van der Waals surface area contributed by atoms with Gasteiger partial charge in [-0.05, 0) is 32.4 Å². The second-order valence-electron chi connectivity index (χ2n) is 8.03. The van der Waals surface area contributed by atoms with Crippen LogP contribution in [-0.2, 0) is 17.9 Å². The van der Waals surface area contributed by atoms with Gasteiger partial charge in [0.05, 0.1) is 17.8 Å². The molecule has 2 amide bonds. The normalized spacial score (nSPS) is 10.8. The Bertz CT molecular complexity index is 1270. The third kappa shape index (κ3) is 5.35. The molecule has 0 aliphatic rings. The Labute approximate surface area is 192 Å². The van der Waals surface area contributed by atoms with Gasteiger partial charge in [-0.3, -0.25) is 29.8 Å². The van der Waals surface area contributed by atoms with Gasteiger partial charge in [-0.2, -0.15) is 10.2 Å². The quantitative estimate of drug-likeness (QED) is 0.449. The van der Waals surface area contributed by atoms with Crippen molar-refractivity contribution in [2.24, 2.45) is 0 Å². The number of nitrogens with zero attached hydrogens (tertiary/aromatic N) is 4. The highest BCUT2D eigenvalue weighted by atomic mass is 16.2. The number of carbonyl (C=O) groups is 2. The first-order valence-electron chi connectivity index (χ1n) is 10.7. The Morgan fingerprint density at radius 1 is 0.909 bits per heavy atom. The fourth-order valence-electron chi connectivity index (χ4n) is 3.57. The number of carbonyl (C=O) groups excluding carboxylic acids is 2. The van der Waals surface area contributed by atoms with E-state index in [0.717, 1.165) is 28.1 Å². The van der Waals surface area contributed by atoms with E-state index in [2.05, 4.69) is 21.0 Å². The first-order valence-corrected chi connectivity index (χ1v) is 10.7. The van der Waals surface area contributed by atoms with Gasteiger partial charge >= 0.3 is 0 Å². The van der Waals surface area contributed by atoms with Gasteiger partial charge in [0.1, 0.15) is 12.2 Å². The second-order valence-corrected chi connectivity index (χ2v) is 8.03. The SMILES string of the molecule is Cc1ccc(-c2nn(Cc3ccccc3)cc2C(=O)NNC(=O)Cn2nc(C)cc2C)cc1. The topological polar surface area (TPSA) is 93.8 Å². The van der Waals surface area contributed by atoms with Crippen LogP contribution in [0.5, 0.6) is 0 Å². The molecule has 4 aromatic rings. The number of rotatable bonds is 6. The third-order valence-electron chi connectivity index (χ3n) is 5.23. The fraction of sp³-hybridized carbons (Fsp3) is 0.200. The zero-order valence-electron chi connectivity index (χ0n) is 18.9. The predicted molar refractivity (Wildman–Crippen MR) is 125 cm³/mol. The van der Waals surface area contributed by atoms with Gasteiger partial charge in [0.15, 0.2) is 0 Å². The van der Waals surface area contributed by atoms with E-state index >= 15 is 0 Å². The summed E-state index contributed by atoms with van der Waals surface area (Å²) in [6, 6.07) is 19.6. The molecule has 0 bridgehead atoms. The maximum atomic E-state index is 13.0. The van der Waals surface area contributed by atoms with Crippen molar-refractivity contribution in [2.45, 2.75) is 33.9 Å². The summed E-state index contributed by atoms with van der Waals surface area (Å²) in [5.41, 5.74) is 10.6. The van der Waals surface area contributed by atoms with Crippen molar-refractivity contribution >= 4 is 11.8 Å². The molecule has 0 spiro atoms. The monoisotopic (exact) mass is 442 g/mol.